The van der Waals surface area contributed by atoms with Crippen LogP contribution in [0.15, 0.2) is 36.4 Å². The van der Waals surface area contributed by atoms with Gasteiger partial charge in [-0.1, -0.05) is 43.7 Å². The first-order chi connectivity index (χ1) is 15.9. The van der Waals surface area contributed by atoms with Crippen molar-refractivity contribution in [1.29, 1.82) is 0 Å². The highest BCUT2D eigenvalue weighted by molar-refractivity contribution is 6.27. The van der Waals surface area contributed by atoms with Crippen LogP contribution in [0.1, 0.15) is 48.7 Å². The minimum absolute atomic E-state index is 0.0101. The summed E-state index contributed by atoms with van der Waals surface area (Å²) in [6.07, 6.45) is 3.69. The van der Waals surface area contributed by atoms with E-state index in [-0.39, 0.29) is 17.4 Å². The lowest BCUT2D eigenvalue weighted by Crippen LogP contribution is -2.07. The van der Waals surface area contributed by atoms with Crippen LogP contribution in [0.5, 0.6) is 5.75 Å². The van der Waals surface area contributed by atoms with Crippen LogP contribution in [-0.4, -0.2) is 31.3 Å². The lowest BCUT2D eigenvalue weighted by Gasteiger charge is -2.14. The van der Waals surface area contributed by atoms with Gasteiger partial charge in [-0.05, 0) is 42.5 Å². The van der Waals surface area contributed by atoms with Gasteiger partial charge in [0.1, 0.15) is 22.9 Å². The number of aryl methyl sites for hydroxylation is 3. The molecule has 6 nitrogen and oxygen atoms in total. The predicted octanol–water partition coefficient (Wildman–Crippen LogP) is 5.31. The van der Waals surface area contributed by atoms with Crippen LogP contribution in [-0.2, 0) is 24.2 Å². The second-order valence-electron chi connectivity index (χ2n) is 8.52. The van der Waals surface area contributed by atoms with Crippen LogP contribution in [0.3, 0.4) is 0 Å². The summed E-state index contributed by atoms with van der Waals surface area (Å²) >= 11 is 5.65. The van der Waals surface area contributed by atoms with Crippen molar-refractivity contribution in [3.8, 4) is 5.75 Å². The minimum atomic E-state index is -0.0315. The molecule has 0 atom stereocenters. The topological polar surface area (TPSA) is 94.0 Å². The maximum atomic E-state index is 11.7. The van der Waals surface area contributed by atoms with Gasteiger partial charge in [0, 0.05) is 24.8 Å². The summed E-state index contributed by atoms with van der Waals surface area (Å²) in [5.41, 5.74) is 11.4. The highest BCUT2D eigenvalue weighted by Gasteiger charge is 2.18. The number of ketones is 1. The Morgan fingerprint density at radius 1 is 1.18 bits per heavy atom. The molecule has 3 N–H and O–H groups in total. The molecule has 0 unspecified atom stereocenters. The number of anilines is 1. The molecule has 33 heavy (non-hydrogen) atoms. The summed E-state index contributed by atoms with van der Waals surface area (Å²) in [6, 6.07) is 11.9. The number of aromatic nitrogens is 3. The van der Waals surface area contributed by atoms with Gasteiger partial charge in [-0.15, -0.1) is 11.6 Å². The van der Waals surface area contributed by atoms with Gasteiger partial charge in [0.25, 0.3) is 0 Å². The monoisotopic (exact) mass is 464 g/mol. The van der Waals surface area contributed by atoms with Crippen LogP contribution >= 0.6 is 11.6 Å². The van der Waals surface area contributed by atoms with Crippen molar-refractivity contribution in [3.63, 3.8) is 0 Å². The van der Waals surface area contributed by atoms with Gasteiger partial charge in [0.05, 0.1) is 16.9 Å². The first kappa shape index (κ1) is 23.1. The van der Waals surface area contributed by atoms with E-state index in [2.05, 4.69) is 22.5 Å². The summed E-state index contributed by atoms with van der Waals surface area (Å²) in [7, 11) is 0. The number of halogens is 1. The van der Waals surface area contributed by atoms with Crippen molar-refractivity contribution in [1.82, 2.24) is 14.5 Å². The molecular weight excluding hydrogens is 436 g/mol. The summed E-state index contributed by atoms with van der Waals surface area (Å²) in [5.74, 6) is 1.60. The number of carbonyl (C=O) groups excluding carboxylic acids is 1. The summed E-state index contributed by atoms with van der Waals surface area (Å²) in [4.78, 5) is 21.2. The van der Waals surface area contributed by atoms with Gasteiger partial charge >= 0.3 is 0 Å². The number of imidazole rings is 1. The molecular formula is C26H29ClN4O2. The van der Waals surface area contributed by atoms with Gasteiger partial charge in [0.2, 0.25) is 0 Å². The Labute approximate surface area is 198 Å². The normalized spacial score (nSPS) is 11.5. The van der Waals surface area contributed by atoms with E-state index in [1.807, 2.05) is 37.3 Å². The van der Waals surface area contributed by atoms with Crippen LogP contribution in [0.2, 0.25) is 0 Å². The molecule has 0 saturated carbocycles. The molecule has 172 valence electrons. The van der Waals surface area contributed by atoms with Crippen LogP contribution < -0.4 is 5.73 Å². The third-order valence-electron chi connectivity index (χ3n) is 6.05. The number of hydrogen-bond acceptors (Lipinski definition) is 5. The average Bonchev–Trinajstić information content (AvgIpc) is 3.17. The highest BCUT2D eigenvalue weighted by atomic mass is 35.5. The molecule has 0 aliphatic carbocycles. The number of carbonyl (C=O) groups is 1. The van der Waals surface area contributed by atoms with Crippen molar-refractivity contribution in [2.75, 3.05) is 11.6 Å². The molecule has 0 saturated heterocycles. The Kier molecular flexibility index (Phi) is 6.84. The van der Waals surface area contributed by atoms with Crippen LogP contribution in [0.25, 0.3) is 21.9 Å². The van der Waals surface area contributed by atoms with Crippen LogP contribution in [0, 0.1) is 6.92 Å². The number of hydrogen-bond donors (Lipinski definition) is 2. The molecule has 0 bridgehead atoms. The Bertz CT molecular complexity index is 1330. The quantitative estimate of drug-likeness (QED) is 0.327. The maximum Gasteiger partial charge on any atom is 0.152 e. The number of benzene rings is 2. The zero-order valence-electron chi connectivity index (χ0n) is 19.1. The fourth-order valence-corrected chi connectivity index (χ4v) is 4.47. The van der Waals surface area contributed by atoms with E-state index in [9.17, 15) is 9.90 Å². The number of alkyl halides is 1. The Hall–Kier alpha value is -3.12. The van der Waals surface area contributed by atoms with E-state index < -0.39 is 0 Å². The number of fused-ring (bicyclic) bond motifs is 3. The summed E-state index contributed by atoms with van der Waals surface area (Å²) in [5, 5.41) is 11.6. The van der Waals surface area contributed by atoms with Gasteiger partial charge in [-0.3, -0.25) is 4.79 Å². The number of phenols is 1. The fourth-order valence-electron chi connectivity index (χ4n) is 4.34. The van der Waals surface area contributed by atoms with E-state index in [1.165, 1.54) is 0 Å². The number of Topliss-reactive ketones (excluding diaryl/α,β-unsaturated/α-hetero) is 1. The van der Waals surface area contributed by atoms with E-state index in [0.717, 1.165) is 63.7 Å². The van der Waals surface area contributed by atoms with Crippen molar-refractivity contribution in [2.24, 2.45) is 0 Å². The van der Waals surface area contributed by atoms with E-state index >= 15 is 0 Å². The number of nitrogen functional groups attached to an aromatic ring is 1. The first-order valence-electron chi connectivity index (χ1n) is 11.3. The highest BCUT2D eigenvalue weighted by Crippen LogP contribution is 2.31. The van der Waals surface area contributed by atoms with Gasteiger partial charge in [-0.25, -0.2) is 9.97 Å². The second-order valence-corrected chi connectivity index (χ2v) is 8.79. The average molecular weight is 465 g/mol. The Balaban J connectivity index is 1.84. The predicted molar refractivity (Wildman–Crippen MR) is 134 cm³/mol. The molecule has 0 aliphatic rings. The number of para-hydroxylation sites is 1. The number of rotatable bonds is 9. The molecule has 7 heteroatoms. The molecule has 2 heterocycles. The minimum Gasteiger partial charge on any atom is -0.507 e. The van der Waals surface area contributed by atoms with E-state index in [1.54, 1.807) is 0 Å². The molecule has 0 aliphatic heterocycles. The third-order valence-corrected chi connectivity index (χ3v) is 6.34. The lowest BCUT2D eigenvalue weighted by atomic mass is 10.00. The van der Waals surface area contributed by atoms with Crippen molar-refractivity contribution >= 4 is 45.1 Å². The fraction of sp³-hybridized carbons (Fsp3) is 0.346. The molecule has 0 fully saturated rings. The number of aromatic hydroxyl groups is 1. The van der Waals surface area contributed by atoms with Crippen molar-refractivity contribution < 1.29 is 9.90 Å². The number of nitrogens with two attached hydrogens (primary N) is 1. The van der Waals surface area contributed by atoms with Gasteiger partial charge in [0.15, 0.2) is 5.82 Å². The SMILES string of the molecule is CCCCc1nc2c(N)nc3ccccc3c2n1Cc1cc(C)c(O)c(CCC(=O)CCl)c1. The van der Waals surface area contributed by atoms with Gasteiger partial charge < -0.3 is 15.4 Å². The number of nitrogens with zero attached hydrogens (tertiary/aromatic N) is 3. The third kappa shape index (κ3) is 4.67. The molecule has 0 spiro atoms. The van der Waals surface area contributed by atoms with Crippen molar-refractivity contribution in [3.05, 3.63) is 58.9 Å². The molecule has 2 aromatic carbocycles. The zero-order chi connectivity index (χ0) is 23.5. The Morgan fingerprint density at radius 2 is 1.97 bits per heavy atom. The summed E-state index contributed by atoms with van der Waals surface area (Å²) in [6.45, 7) is 4.63. The molecule has 4 aromatic rings. The lowest BCUT2D eigenvalue weighted by molar-refractivity contribution is -0.116. The van der Waals surface area contributed by atoms with Crippen LogP contribution in [0.4, 0.5) is 5.82 Å². The molecule has 0 radical (unpaired) electrons. The first-order valence-corrected chi connectivity index (χ1v) is 11.9. The van der Waals surface area contributed by atoms with E-state index in [4.69, 9.17) is 22.3 Å². The standard InChI is InChI=1S/C26H29ClN4O2/c1-3-4-9-22-30-23-24(20-7-5-6-8-21(20)29-26(23)28)31(22)15-17-12-16(2)25(33)18(13-17)10-11-19(32)14-27/h5-8,12-13,33H,3-4,9-11,14-15H2,1-2H3,(H2,28,29). The zero-order valence-corrected chi connectivity index (χ0v) is 19.8. The number of unbranched alkanes of at least 4 members (excludes halogenated alkanes) is 1. The second kappa shape index (κ2) is 9.79. The Morgan fingerprint density at radius 3 is 2.73 bits per heavy atom. The van der Waals surface area contributed by atoms with Crippen molar-refractivity contribution in [2.45, 2.75) is 52.5 Å². The number of phenolic OH excluding ortho intramolecular Hbond substituents is 1. The smallest absolute Gasteiger partial charge is 0.152 e. The molecule has 4 rings (SSSR count). The molecule has 0 amide bonds. The van der Waals surface area contributed by atoms with E-state index in [0.29, 0.717) is 25.2 Å². The molecule has 2 aromatic heterocycles. The largest absolute Gasteiger partial charge is 0.507 e. The maximum absolute atomic E-state index is 11.7. The van der Waals surface area contributed by atoms with Gasteiger partial charge in [-0.2, -0.15) is 0 Å². The number of pyridine rings is 1. The summed E-state index contributed by atoms with van der Waals surface area (Å²) < 4.78 is 2.23.